The van der Waals surface area contributed by atoms with E-state index in [1.165, 1.54) is 6.07 Å². The van der Waals surface area contributed by atoms with Crippen molar-refractivity contribution in [3.63, 3.8) is 0 Å². The molecule has 0 aliphatic carbocycles. The number of ether oxygens (including phenoxy) is 1. The highest BCUT2D eigenvalue weighted by molar-refractivity contribution is 6.58. The molecule has 0 bridgehead atoms. The van der Waals surface area contributed by atoms with Gasteiger partial charge in [0.15, 0.2) is 0 Å². The number of anilines is 1. The van der Waals surface area contributed by atoms with Gasteiger partial charge < -0.3 is 20.1 Å². The van der Waals surface area contributed by atoms with E-state index in [0.717, 1.165) is 5.75 Å². The number of para-hydroxylation sites is 1. The first-order chi connectivity index (χ1) is 12.1. The Morgan fingerprint density at radius 3 is 2.20 bits per heavy atom. The maximum Gasteiger partial charge on any atom is 0.488 e. The van der Waals surface area contributed by atoms with Gasteiger partial charge in [-0.05, 0) is 54.0 Å². The van der Waals surface area contributed by atoms with E-state index in [-0.39, 0.29) is 5.91 Å². The molecule has 124 valence electrons. The largest absolute Gasteiger partial charge is 0.488 e. The van der Waals surface area contributed by atoms with E-state index in [9.17, 15) is 14.8 Å². The standard InChI is InChI=1S/C19H16BNO4/c22-19(21-16-6-4-5-15(13-16)20(23)24)14-9-11-18(12-10-14)25-17-7-2-1-3-8-17/h1-13,23-24H,(H,21,22). The third-order valence-electron chi connectivity index (χ3n) is 3.54. The Hall–Kier alpha value is -3.09. The Kier molecular flexibility index (Phi) is 5.13. The van der Waals surface area contributed by atoms with Crippen molar-refractivity contribution in [2.24, 2.45) is 0 Å². The minimum absolute atomic E-state index is 0.296. The highest BCUT2D eigenvalue weighted by Crippen LogP contribution is 2.21. The average molecular weight is 333 g/mol. The predicted molar refractivity (Wildman–Crippen MR) is 97.2 cm³/mol. The normalized spacial score (nSPS) is 10.2. The second kappa shape index (κ2) is 7.66. The number of nitrogens with one attached hydrogen (secondary N) is 1. The van der Waals surface area contributed by atoms with Gasteiger partial charge in [-0.2, -0.15) is 0 Å². The summed E-state index contributed by atoms with van der Waals surface area (Å²) in [5, 5.41) is 21.1. The molecule has 6 heteroatoms. The molecule has 1 amide bonds. The summed E-state index contributed by atoms with van der Waals surface area (Å²) in [6, 6.07) is 22.5. The van der Waals surface area contributed by atoms with Gasteiger partial charge in [0.05, 0.1) is 0 Å². The van der Waals surface area contributed by atoms with Crippen LogP contribution in [0.1, 0.15) is 10.4 Å². The number of benzene rings is 3. The SMILES string of the molecule is O=C(Nc1cccc(B(O)O)c1)c1ccc(Oc2ccccc2)cc1. The fraction of sp³-hybridized carbons (Fsp3) is 0. The summed E-state index contributed by atoms with van der Waals surface area (Å²) in [7, 11) is -1.58. The van der Waals surface area contributed by atoms with Gasteiger partial charge in [-0.25, -0.2) is 0 Å². The van der Waals surface area contributed by atoms with Gasteiger partial charge in [0.25, 0.3) is 5.91 Å². The average Bonchev–Trinajstić information content (AvgIpc) is 2.63. The molecule has 3 aromatic carbocycles. The molecule has 0 atom stereocenters. The van der Waals surface area contributed by atoms with E-state index in [1.54, 1.807) is 42.5 Å². The van der Waals surface area contributed by atoms with Crippen LogP contribution in [0.3, 0.4) is 0 Å². The zero-order valence-electron chi connectivity index (χ0n) is 13.3. The van der Waals surface area contributed by atoms with Crippen molar-refractivity contribution < 1.29 is 19.6 Å². The lowest BCUT2D eigenvalue weighted by molar-refractivity contribution is 0.102. The molecule has 5 nitrogen and oxygen atoms in total. The van der Waals surface area contributed by atoms with Crippen LogP contribution < -0.4 is 15.5 Å². The van der Waals surface area contributed by atoms with Gasteiger partial charge in [-0.15, -0.1) is 0 Å². The quantitative estimate of drug-likeness (QED) is 0.627. The van der Waals surface area contributed by atoms with Crippen LogP contribution in [0.5, 0.6) is 11.5 Å². The van der Waals surface area contributed by atoms with Gasteiger partial charge in [0.2, 0.25) is 0 Å². The lowest BCUT2D eigenvalue weighted by atomic mass is 9.80. The molecule has 0 aliphatic rings. The van der Waals surface area contributed by atoms with Crippen molar-refractivity contribution in [3.8, 4) is 11.5 Å². The third-order valence-corrected chi connectivity index (χ3v) is 3.54. The lowest BCUT2D eigenvalue weighted by Gasteiger charge is -2.09. The van der Waals surface area contributed by atoms with Gasteiger partial charge >= 0.3 is 7.12 Å². The highest BCUT2D eigenvalue weighted by atomic mass is 16.5. The molecule has 3 rings (SSSR count). The molecule has 0 unspecified atom stereocenters. The summed E-state index contributed by atoms with van der Waals surface area (Å²) >= 11 is 0. The Morgan fingerprint density at radius 2 is 1.52 bits per heavy atom. The van der Waals surface area contributed by atoms with Crippen molar-refractivity contribution in [1.82, 2.24) is 0 Å². The number of carbonyl (C=O) groups excluding carboxylic acids is 1. The molecule has 3 N–H and O–H groups in total. The summed E-state index contributed by atoms with van der Waals surface area (Å²) in [6.45, 7) is 0. The molecule has 3 aromatic rings. The van der Waals surface area contributed by atoms with Gasteiger partial charge in [0.1, 0.15) is 11.5 Å². The molecule has 0 aliphatic heterocycles. The van der Waals surface area contributed by atoms with Crippen molar-refractivity contribution in [2.75, 3.05) is 5.32 Å². The maximum absolute atomic E-state index is 12.3. The molecule has 0 radical (unpaired) electrons. The van der Waals surface area contributed by atoms with E-state index < -0.39 is 7.12 Å². The summed E-state index contributed by atoms with van der Waals surface area (Å²) in [5.74, 6) is 1.06. The summed E-state index contributed by atoms with van der Waals surface area (Å²) in [4.78, 5) is 12.3. The Bertz CT molecular complexity index is 851. The van der Waals surface area contributed by atoms with E-state index >= 15 is 0 Å². The van der Waals surface area contributed by atoms with Gasteiger partial charge in [-0.3, -0.25) is 4.79 Å². The number of carbonyl (C=O) groups is 1. The van der Waals surface area contributed by atoms with E-state index in [2.05, 4.69) is 5.32 Å². The predicted octanol–water partition coefficient (Wildman–Crippen LogP) is 2.41. The first-order valence-electron chi connectivity index (χ1n) is 7.72. The van der Waals surface area contributed by atoms with Gasteiger partial charge in [0, 0.05) is 11.3 Å². The lowest BCUT2D eigenvalue weighted by Crippen LogP contribution is -2.30. The molecule has 0 fully saturated rings. The molecule has 0 spiro atoms. The summed E-state index contributed by atoms with van der Waals surface area (Å²) in [6.07, 6.45) is 0. The number of amides is 1. The molecule has 0 heterocycles. The van der Waals surface area contributed by atoms with E-state index in [0.29, 0.717) is 22.5 Å². The molecular formula is C19H16BNO4. The summed E-state index contributed by atoms with van der Waals surface area (Å²) in [5.41, 5.74) is 1.26. The van der Waals surface area contributed by atoms with Crippen molar-refractivity contribution in [1.29, 1.82) is 0 Å². The molecule has 0 saturated heterocycles. The van der Waals surface area contributed by atoms with Crippen molar-refractivity contribution in [2.45, 2.75) is 0 Å². The second-order valence-electron chi connectivity index (χ2n) is 5.39. The van der Waals surface area contributed by atoms with Crippen LogP contribution in [0, 0.1) is 0 Å². The minimum atomic E-state index is -1.58. The molecule has 0 saturated carbocycles. The first-order valence-corrected chi connectivity index (χ1v) is 7.72. The van der Waals surface area contributed by atoms with Crippen LogP contribution in [-0.2, 0) is 0 Å². The van der Waals surface area contributed by atoms with E-state index in [1.807, 2.05) is 30.3 Å². The topological polar surface area (TPSA) is 78.8 Å². The first kappa shape index (κ1) is 16.8. The van der Waals surface area contributed by atoms with Crippen LogP contribution in [0.25, 0.3) is 0 Å². The van der Waals surface area contributed by atoms with Crippen LogP contribution in [-0.4, -0.2) is 23.1 Å². The molecular weight excluding hydrogens is 317 g/mol. The Labute approximate surface area is 145 Å². The van der Waals surface area contributed by atoms with Crippen LogP contribution >= 0.6 is 0 Å². The zero-order chi connectivity index (χ0) is 17.6. The summed E-state index contributed by atoms with van der Waals surface area (Å²) < 4.78 is 5.69. The zero-order valence-corrected chi connectivity index (χ0v) is 13.3. The Morgan fingerprint density at radius 1 is 0.840 bits per heavy atom. The smallest absolute Gasteiger partial charge is 0.457 e. The maximum atomic E-state index is 12.3. The minimum Gasteiger partial charge on any atom is -0.457 e. The fourth-order valence-corrected chi connectivity index (χ4v) is 2.28. The van der Waals surface area contributed by atoms with Crippen LogP contribution in [0.2, 0.25) is 0 Å². The molecule has 25 heavy (non-hydrogen) atoms. The van der Waals surface area contributed by atoms with Crippen LogP contribution in [0.4, 0.5) is 5.69 Å². The highest BCUT2D eigenvalue weighted by Gasteiger charge is 2.12. The fourth-order valence-electron chi connectivity index (χ4n) is 2.28. The number of hydrogen-bond donors (Lipinski definition) is 3. The number of hydrogen-bond acceptors (Lipinski definition) is 4. The monoisotopic (exact) mass is 333 g/mol. The molecule has 0 aromatic heterocycles. The third kappa shape index (κ3) is 4.47. The van der Waals surface area contributed by atoms with Crippen molar-refractivity contribution >= 4 is 24.2 Å². The van der Waals surface area contributed by atoms with Crippen molar-refractivity contribution in [3.05, 3.63) is 84.4 Å². The van der Waals surface area contributed by atoms with E-state index in [4.69, 9.17) is 4.74 Å². The van der Waals surface area contributed by atoms with Gasteiger partial charge in [-0.1, -0.05) is 30.3 Å². The second-order valence-corrected chi connectivity index (χ2v) is 5.39. The number of rotatable bonds is 5. The van der Waals surface area contributed by atoms with Crippen LogP contribution in [0.15, 0.2) is 78.9 Å². The Balaban J connectivity index is 1.67.